The van der Waals surface area contributed by atoms with Gasteiger partial charge in [-0.15, -0.1) is 0 Å². The van der Waals surface area contributed by atoms with Gasteiger partial charge in [0, 0.05) is 34.7 Å². The average Bonchev–Trinajstić information content (AvgIpc) is 2.94. The Balaban J connectivity index is 1.14. The number of fused-ring (bicyclic) bond motifs is 5. The Kier molecular flexibility index (Phi) is 6.11. The molecule has 4 aromatic rings. The van der Waals surface area contributed by atoms with E-state index in [-0.39, 0.29) is 28.6 Å². The van der Waals surface area contributed by atoms with E-state index >= 15 is 0 Å². The van der Waals surface area contributed by atoms with Crippen LogP contribution in [0.5, 0.6) is 5.88 Å². The van der Waals surface area contributed by atoms with Gasteiger partial charge < -0.3 is 19.8 Å². The molecule has 1 aliphatic carbocycles. The van der Waals surface area contributed by atoms with Crippen molar-refractivity contribution in [2.45, 2.75) is 56.2 Å². The number of aryl methyl sites for hydroxylation is 1. The van der Waals surface area contributed by atoms with E-state index in [9.17, 15) is 18.0 Å². The number of hydrogen-bond acceptors (Lipinski definition) is 6. The molecule has 0 radical (unpaired) electrons. The average molecular weight is 525 g/mol. The molecule has 2 aliphatic heterocycles. The van der Waals surface area contributed by atoms with Crippen molar-refractivity contribution in [3.8, 4) is 5.88 Å². The van der Waals surface area contributed by atoms with E-state index in [1.165, 1.54) is 19.4 Å². The molecule has 10 heteroatoms. The van der Waals surface area contributed by atoms with Crippen molar-refractivity contribution < 1.29 is 22.6 Å². The fourth-order valence-corrected chi connectivity index (χ4v) is 5.78. The quantitative estimate of drug-likeness (QED) is 0.364. The van der Waals surface area contributed by atoms with Gasteiger partial charge in [0.15, 0.2) is 0 Å². The second-order valence-electron chi connectivity index (χ2n) is 10.4. The number of nitrogens with one attached hydrogen (secondary N) is 2. The van der Waals surface area contributed by atoms with Crippen LogP contribution >= 0.6 is 0 Å². The zero-order chi connectivity index (χ0) is 26.5. The summed E-state index contributed by atoms with van der Waals surface area (Å²) in [4.78, 5) is 23.6. The molecule has 2 N–H and O–H groups in total. The Morgan fingerprint density at radius 2 is 1.87 bits per heavy atom. The van der Waals surface area contributed by atoms with Gasteiger partial charge in [-0.05, 0) is 62.8 Å². The molecule has 0 unspecified atom stereocenters. The minimum atomic E-state index is -0.671. The molecule has 1 saturated carbocycles. The zero-order valence-electron chi connectivity index (χ0n) is 20.9. The molecule has 7 nitrogen and oxygen atoms in total. The number of halogens is 3. The highest BCUT2D eigenvalue weighted by Crippen LogP contribution is 2.46. The maximum Gasteiger partial charge on any atom is 0.253 e. The predicted octanol–water partition coefficient (Wildman–Crippen LogP) is 4.70. The van der Waals surface area contributed by atoms with Gasteiger partial charge in [0.25, 0.3) is 5.56 Å². The Morgan fingerprint density at radius 1 is 1.08 bits per heavy atom. The molecule has 2 saturated heterocycles. The first kappa shape index (κ1) is 24.8. The highest BCUT2D eigenvalue weighted by atomic mass is 19.1. The maximum absolute atomic E-state index is 14.8. The first-order valence-electron chi connectivity index (χ1n) is 12.7. The lowest BCUT2D eigenvalue weighted by Crippen LogP contribution is -2.61. The van der Waals surface area contributed by atoms with Crippen LogP contribution < -0.4 is 15.6 Å². The lowest BCUT2D eigenvalue weighted by atomic mass is 9.69. The fourth-order valence-electron chi connectivity index (χ4n) is 5.78. The van der Waals surface area contributed by atoms with Gasteiger partial charge in [-0.25, -0.2) is 18.2 Å². The van der Waals surface area contributed by atoms with E-state index in [2.05, 4.69) is 20.3 Å². The molecule has 2 bridgehead atoms. The molecule has 0 atom stereocenters. The van der Waals surface area contributed by atoms with Crippen LogP contribution in [-0.2, 0) is 17.7 Å². The Hall–Kier alpha value is -3.50. The monoisotopic (exact) mass is 524 g/mol. The summed E-state index contributed by atoms with van der Waals surface area (Å²) in [6, 6.07) is 6.93. The molecule has 3 aliphatic rings. The van der Waals surface area contributed by atoms with E-state index < -0.39 is 23.0 Å². The van der Waals surface area contributed by atoms with Crippen molar-refractivity contribution in [2.24, 2.45) is 0 Å². The molecule has 198 valence electrons. The van der Waals surface area contributed by atoms with Gasteiger partial charge in [-0.1, -0.05) is 0 Å². The summed E-state index contributed by atoms with van der Waals surface area (Å²) in [5, 5.41) is 3.51. The van der Waals surface area contributed by atoms with Crippen LogP contribution in [0.2, 0.25) is 0 Å². The molecule has 1 aromatic carbocycles. The number of aromatic amines is 1. The second-order valence-corrected chi connectivity index (χ2v) is 10.4. The van der Waals surface area contributed by atoms with Gasteiger partial charge in [0.2, 0.25) is 5.88 Å². The second kappa shape index (κ2) is 9.36. The third kappa shape index (κ3) is 4.31. The standard InChI is InChI=1S/C28H27F3N4O3/c1-37-23-5-4-22-25(34-23)17(21(31)14-32-22)6-7-28-10-8-27(9-11-28,15-38-28)33-13-16-12-18-19(29)2-3-20(30)24(18)35-26(16)36/h2-5,12,14,33H,6-11,13,15H2,1H3,(H,35,36). The number of nitrogens with zero attached hydrogens (tertiary/aromatic N) is 2. The summed E-state index contributed by atoms with van der Waals surface area (Å²) >= 11 is 0. The lowest BCUT2D eigenvalue weighted by molar-refractivity contribution is -0.165. The summed E-state index contributed by atoms with van der Waals surface area (Å²) < 4.78 is 54.6. The number of benzene rings is 1. The Bertz CT molecular complexity index is 1580. The number of rotatable bonds is 7. The van der Waals surface area contributed by atoms with Crippen LogP contribution in [0.3, 0.4) is 0 Å². The minimum Gasteiger partial charge on any atom is -0.481 e. The number of ether oxygens (including phenoxy) is 2. The van der Waals surface area contributed by atoms with E-state index in [0.717, 1.165) is 37.8 Å². The zero-order valence-corrected chi connectivity index (χ0v) is 20.9. The van der Waals surface area contributed by atoms with E-state index in [4.69, 9.17) is 9.47 Å². The van der Waals surface area contributed by atoms with Crippen molar-refractivity contribution in [3.63, 3.8) is 0 Å². The number of hydrogen-bond donors (Lipinski definition) is 2. The number of H-pyrrole nitrogens is 1. The highest BCUT2D eigenvalue weighted by Gasteiger charge is 2.49. The number of pyridine rings is 3. The van der Waals surface area contributed by atoms with Gasteiger partial charge in [0.1, 0.15) is 17.5 Å². The first-order valence-corrected chi connectivity index (χ1v) is 12.7. The predicted molar refractivity (Wildman–Crippen MR) is 136 cm³/mol. The Labute approximate surface area is 216 Å². The molecule has 3 aromatic heterocycles. The SMILES string of the molecule is COc1ccc2ncc(F)c(CCC34CCC(NCc5cc6c(F)ccc(F)c6[nH]c5=O)(CC3)CO4)c2n1. The molecule has 7 rings (SSSR count). The summed E-state index contributed by atoms with van der Waals surface area (Å²) in [7, 11) is 1.52. The van der Waals surface area contributed by atoms with Crippen molar-refractivity contribution in [2.75, 3.05) is 13.7 Å². The van der Waals surface area contributed by atoms with Crippen LogP contribution in [-0.4, -0.2) is 39.8 Å². The van der Waals surface area contributed by atoms with Crippen LogP contribution in [0.15, 0.2) is 41.3 Å². The fraction of sp³-hybridized carbons (Fsp3) is 0.393. The topological polar surface area (TPSA) is 89.1 Å². The summed E-state index contributed by atoms with van der Waals surface area (Å²) in [6.07, 6.45) is 5.56. The molecule has 3 fully saturated rings. The summed E-state index contributed by atoms with van der Waals surface area (Å²) in [5.41, 5.74) is 0.701. The van der Waals surface area contributed by atoms with Crippen molar-refractivity contribution in [1.82, 2.24) is 20.3 Å². The number of methoxy groups -OCH3 is 1. The summed E-state index contributed by atoms with van der Waals surface area (Å²) in [5.74, 6) is -1.25. The molecular formula is C28H27F3N4O3. The molecule has 38 heavy (non-hydrogen) atoms. The van der Waals surface area contributed by atoms with Crippen molar-refractivity contribution >= 4 is 21.9 Å². The van der Waals surface area contributed by atoms with Gasteiger partial charge in [0.05, 0.1) is 42.1 Å². The van der Waals surface area contributed by atoms with Crippen LogP contribution in [0, 0.1) is 17.5 Å². The smallest absolute Gasteiger partial charge is 0.253 e. The third-order valence-corrected chi connectivity index (χ3v) is 8.20. The van der Waals surface area contributed by atoms with Gasteiger partial charge >= 0.3 is 0 Å². The van der Waals surface area contributed by atoms with Gasteiger partial charge in [-0.3, -0.25) is 9.78 Å². The molecule has 0 amide bonds. The van der Waals surface area contributed by atoms with Crippen LogP contribution in [0.25, 0.3) is 21.9 Å². The van der Waals surface area contributed by atoms with Crippen LogP contribution in [0.1, 0.15) is 43.2 Å². The first-order chi connectivity index (χ1) is 18.3. The molecular weight excluding hydrogens is 497 g/mol. The largest absolute Gasteiger partial charge is 0.481 e. The third-order valence-electron chi connectivity index (χ3n) is 8.20. The van der Waals surface area contributed by atoms with Crippen molar-refractivity contribution in [1.29, 1.82) is 0 Å². The van der Waals surface area contributed by atoms with E-state index in [0.29, 0.717) is 47.5 Å². The minimum absolute atomic E-state index is 0.0458. The van der Waals surface area contributed by atoms with Crippen molar-refractivity contribution in [3.05, 3.63) is 75.5 Å². The van der Waals surface area contributed by atoms with Crippen LogP contribution in [0.4, 0.5) is 13.2 Å². The highest BCUT2D eigenvalue weighted by molar-refractivity contribution is 5.80. The molecule has 0 spiro atoms. The Morgan fingerprint density at radius 3 is 2.61 bits per heavy atom. The maximum atomic E-state index is 14.8. The lowest BCUT2D eigenvalue weighted by Gasteiger charge is -2.53. The normalized spacial score (nSPS) is 22.8. The number of aromatic nitrogens is 3. The van der Waals surface area contributed by atoms with E-state index in [1.54, 1.807) is 12.1 Å². The summed E-state index contributed by atoms with van der Waals surface area (Å²) in [6.45, 7) is 0.659. The molecule has 5 heterocycles. The van der Waals surface area contributed by atoms with Gasteiger partial charge in [-0.2, -0.15) is 0 Å². The van der Waals surface area contributed by atoms with E-state index in [1.807, 2.05) is 0 Å².